The van der Waals surface area contributed by atoms with Crippen molar-refractivity contribution in [3.8, 4) is 5.75 Å². The minimum Gasteiger partial charge on any atom is -0.491 e. The fraction of sp³-hybridized carbons (Fsp3) is 0.357. The van der Waals surface area contributed by atoms with Crippen LogP contribution in [0.4, 0.5) is 5.95 Å². The molecule has 5 rings (SSSR count). The maximum absolute atomic E-state index is 12.9. The van der Waals surface area contributed by atoms with Gasteiger partial charge in [-0.2, -0.15) is 0 Å². The number of aromatic nitrogens is 2. The number of ether oxygens (including phenoxy) is 1. The van der Waals surface area contributed by atoms with E-state index in [0.717, 1.165) is 50.0 Å². The topological polar surface area (TPSA) is 78.9 Å². The first kappa shape index (κ1) is 23.9. The predicted molar refractivity (Wildman–Crippen MR) is 137 cm³/mol. The maximum atomic E-state index is 12.9. The average Bonchev–Trinajstić information content (AvgIpc) is 3.15. The second kappa shape index (κ2) is 11.3. The molecule has 0 aliphatic carbocycles. The van der Waals surface area contributed by atoms with Gasteiger partial charge in [0.2, 0.25) is 11.9 Å². The Labute approximate surface area is 211 Å². The van der Waals surface area contributed by atoms with E-state index in [1.165, 1.54) is 5.56 Å². The molecule has 0 bridgehead atoms. The summed E-state index contributed by atoms with van der Waals surface area (Å²) in [6, 6.07) is 17.3. The van der Waals surface area contributed by atoms with Crippen LogP contribution < -0.4 is 9.64 Å². The summed E-state index contributed by atoms with van der Waals surface area (Å²) in [4.78, 5) is 40.5. The summed E-state index contributed by atoms with van der Waals surface area (Å²) in [5, 5.41) is 0. The Hall–Kier alpha value is -3.78. The highest BCUT2D eigenvalue weighted by molar-refractivity contribution is 5.97. The number of rotatable bonds is 7. The van der Waals surface area contributed by atoms with Crippen molar-refractivity contribution < 1.29 is 14.3 Å². The van der Waals surface area contributed by atoms with E-state index >= 15 is 0 Å². The van der Waals surface area contributed by atoms with Crippen molar-refractivity contribution in [2.24, 2.45) is 0 Å². The smallest absolute Gasteiger partial charge is 0.225 e. The van der Waals surface area contributed by atoms with E-state index < -0.39 is 0 Å². The predicted octanol–water partition coefficient (Wildman–Crippen LogP) is 3.18. The van der Waals surface area contributed by atoms with Crippen LogP contribution in [-0.4, -0.2) is 70.8 Å². The summed E-state index contributed by atoms with van der Waals surface area (Å²) in [6.07, 6.45) is 3.98. The number of hydrogen-bond donors (Lipinski definition) is 0. The quantitative estimate of drug-likeness (QED) is 0.476. The van der Waals surface area contributed by atoms with Gasteiger partial charge in [0.25, 0.3) is 0 Å². The van der Waals surface area contributed by atoms with Gasteiger partial charge in [0, 0.05) is 75.6 Å². The summed E-state index contributed by atoms with van der Waals surface area (Å²) >= 11 is 0. The van der Waals surface area contributed by atoms with Crippen molar-refractivity contribution in [3.63, 3.8) is 0 Å². The second-order valence-corrected chi connectivity index (χ2v) is 9.21. The van der Waals surface area contributed by atoms with Crippen LogP contribution in [0.25, 0.3) is 0 Å². The lowest BCUT2D eigenvalue weighted by Crippen LogP contribution is -2.46. The standard InChI is InChI=1S/C28H31N5O3/c34-25(23-5-2-1-3-6-23)8-10-27(35)33-17-18-36-26-9-7-22(19-24(26)21-33)20-31-13-15-32(16-14-31)28-29-11-4-12-30-28/h1-7,9,11-12,19H,8,10,13-18,20-21H2. The number of anilines is 1. The van der Waals surface area contributed by atoms with Crippen LogP contribution in [0.3, 0.4) is 0 Å². The molecule has 0 N–H and O–H groups in total. The third-order valence-electron chi connectivity index (χ3n) is 6.73. The van der Waals surface area contributed by atoms with Crippen LogP contribution in [-0.2, 0) is 17.9 Å². The number of amides is 1. The van der Waals surface area contributed by atoms with Gasteiger partial charge in [-0.3, -0.25) is 14.5 Å². The number of fused-ring (bicyclic) bond motifs is 1. The molecule has 0 atom stereocenters. The Balaban J connectivity index is 1.16. The van der Waals surface area contributed by atoms with E-state index in [9.17, 15) is 9.59 Å². The highest BCUT2D eigenvalue weighted by Gasteiger charge is 2.23. The molecule has 1 amide bonds. The third-order valence-corrected chi connectivity index (χ3v) is 6.73. The molecule has 0 unspecified atom stereocenters. The first-order valence-corrected chi connectivity index (χ1v) is 12.5. The fourth-order valence-electron chi connectivity index (χ4n) is 4.72. The zero-order valence-electron chi connectivity index (χ0n) is 20.4. The van der Waals surface area contributed by atoms with Gasteiger partial charge in [0.15, 0.2) is 5.78 Å². The number of Topliss-reactive ketones (excluding diaryl/α,β-unsaturated/α-hetero) is 1. The lowest BCUT2D eigenvalue weighted by atomic mass is 10.1. The van der Waals surface area contributed by atoms with Crippen LogP contribution >= 0.6 is 0 Å². The first-order chi connectivity index (χ1) is 17.7. The highest BCUT2D eigenvalue weighted by atomic mass is 16.5. The lowest BCUT2D eigenvalue weighted by Gasteiger charge is -2.34. The molecular weight excluding hydrogens is 454 g/mol. The summed E-state index contributed by atoms with van der Waals surface area (Å²) in [7, 11) is 0. The van der Waals surface area contributed by atoms with Gasteiger partial charge in [-0.1, -0.05) is 36.4 Å². The van der Waals surface area contributed by atoms with Crippen LogP contribution in [0.1, 0.15) is 34.3 Å². The Bertz CT molecular complexity index is 1180. The van der Waals surface area contributed by atoms with Gasteiger partial charge >= 0.3 is 0 Å². The zero-order chi connectivity index (χ0) is 24.7. The Kier molecular flexibility index (Phi) is 7.52. The molecule has 0 spiro atoms. The van der Waals surface area contributed by atoms with E-state index in [-0.39, 0.29) is 24.5 Å². The molecule has 186 valence electrons. The number of hydrogen-bond acceptors (Lipinski definition) is 7. The second-order valence-electron chi connectivity index (χ2n) is 9.21. The van der Waals surface area contributed by atoms with E-state index in [1.54, 1.807) is 24.5 Å². The summed E-state index contributed by atoms with van der Waals surface area (Å²) in [6.45, 7) is 5.97. The van der Waals surface area contributed by atoms with Gasteiger partial charge in [0.1, 0.15) is 12.4 Å². The number of carbonyl (C=O) groups is 2. The molecule has 0 saturated carbocycles. The fourth-order valence-corrected chi connectivity index (χ4v) is 4.72. The number of nitrogens with zero attached hydrogens (tertiary/aromatic N) is 5. The molecule has 1 saturated heterocycles. The summed E-state index contributed by atoms with van der Waals surface area (Å²) in [5.41, 5.74) is 2.87. The Morgan fingerprint density at radius 3 is 2.42 bits per heavy atom. The van der Waals surface area contributed by atoms with Crippen molar-refractivity contribution in [3.05, 3.63) is 83.7 Å². The van der Waals surface area contributed by atoms with Gasteiger partial charge < -0.3 is 14.5 Å². The SMILES string of the molecule is O=C(CCC(=O)N1CCOc2ccc(CN3CCN(c4ncccn4)CC3)cc2C1)c1ccccc1. The van der Waals surface area contributed by atoms with E-state index in [4.69, 9.17) is 4.74 Å². The molecule has 3 heterocycles. The molecule has 8 heteroatoms. The number of benzene rings is 2. The summed E-state index contributed by atoms with van der Waals surface area (Å²) < 4.78 is 5.94. The molecule has 2 aromatic carbocycles. The van der Waals surface area contributed by atoms with Crippen molar-refractivity contribution >= 4 is 17.6 Å². The molecule has 1 fully saturated rings. The monoisotopic (exact) mass is 485 g/mol. The minimum atomic E-state index is -0.0135. The summed E-state index contributed by atoms with van der Waals surface area (Å²) in [5.74, 6) is 1.60. The first-order valence-electron chi connectivity index (χ1n) is 12.5. The van der Waals surface area contributed by atoms with Gasteiger partial charge in [0.05, 0.1) is 6.54 Å². The molecule has 3 aromatic rings. The van der Waals surface area contributed by atoms with Gasteiger partial charge in [-0.25, -0.2) is 9.97 Å². The maximum Gasteiger partial charge on any atom is 0.225 e. The van der Waals surface area contributed by atoms with Crippen molar-refractivity contribution in [2.45, 2.75) is 25.9 Å². The van der Waals surface area contributed by atoms with Crippen LogP contribution in [0.15, 0.2) is 67.0 Å². The normalized spacial score (nSPS) is 16.1. The van der Waals surface area contributed by atoms with Gasteiger partial charge in [-0.15, -0.1) is 0 Å². The average molecular weight is 486 g/mol. The number of piperazine rings is 1. The number of ketones is 1. The third kappa shape index (κ3) is 5.88. The minimum absolute atomic E-state index is 0.00312. The van der Waals surface area contributed by atoms with E-state index in [1.807, 2.05) is 35.2 Å². The largest absolute Gasteiger partial charge is 0.491 e. The van der Waals surface area contributed by atoms with Crippen LogP contribution in [0, 0.1) is 0 Å². The van der Waals surface area contributed by atoms with Crippen LogP contribution in [0.2, 0.25) is 0 Å². The molecule has 8 nitrogen and oxygen atoms in total. The highest BCUT2D eigenvalue weighted by Crippen LogP contribution is 2.26. The number of carbonyl (C=O) groups excluding carboxylic acids is 2. The van der Waals surface area contributed by atoms with Crippen molar-refractivity contribution in [1.29, 1.82) is 0 Å². The van der Waals surface area contributed by atoms with Crippen LogP contribution in [0.5, 0.6) is 5.75 Å². The lowest BCUT2D eigenvalue weighted by molar-refractivity contribution is -0.131. The molecule has 1 aromatic heterocycles. The Morgan fingerprint density at radius 2 is 1.64 bits per heavy atom. The van der Waals surface area contributed by atoms with Gasteiger partial charge in [-0.05, 0) is 23.8 Å². The molecule has 36 heavy (non-hydrogen) atoms. The van der Waals surface area contributed by atoms with Crippen molar-refractivity contribution in [2.75, 3.05) is 44.2 Å². The van der Waals surface area contributed by atoms with E-state index in [2.05, 4.69) is 31.9 Å². The Morgan fingerprint density at radius 1 is 0.861 bits per heavy atom. The molecular formula is C28H31N5O3. The van der Waals surface area contributed by atoms with E-state index in [0.29, 0.717) is 25.3 Å². The molecule has 0 radical (unpaired) electrons. The van der Waals surface area contributed by atoms with Crippen molar-refractivity contribution in [1.82, 2.24) is 19.8 Å². The molecule has 2 aliphatic rings. The molecule has 2 aliphatic heterocycles. The zero-order valence-corrected chi connectivity index (χ0v) is 20.4.